The van der Waals surface area contributed by atoms with E-state index in [-0.39, 0.29) is 23.0 Å². The number of anilines is 2. The van der Waals surface area contributed by atoms with Crippen LogP contribution < -0.4 is 20.9 Å². The molecule has 36 heavy (non-hydrogen) atoms. The number of ether oxygens (including phenoxy) is 4. The summed E-state index contributed by atoms with van der Waals surface area (Å²) in [4.78, 5) is 0. The van der Waals surface area contributed by atoms with Crippen LogP contribution in [0.1, 0.15) is 49.9 Å². The van der Waals surface area contributed by atoms with Gasteiger partial charge in [0.15, 0.2) is 0 Å². The van der Waals surface area contributed by atoms with Crippen LogP contribution in [0.25, 0.3) is 0 Å². The highest BCUT2D eigenvalue weighted by Gasteiger charge is 2.29. The summed E-state index contributed by atoms with van der Waals surface area (Å²) in [5.74, 6) is 1.41. The van der Waals surface area contributed by atoms with E-state index in [0.717, 1.165) is 24.3 Å². The van der Waals surface area contributed by atoms with Crippen molar-refractivity contribution < 1.29 is 18.9 Å². The van der Waals surface area contributed by atoms with Gasteiger partial charge in [0, 0.05) is 10.8 Å². The van der Waals surface area contributed by atoms with Gasteiger partial charge in [0.1, 0.15) is 36.9 Å². The Kier molecular flexibility index (Phi) is 6.35. The van der Waals surface area contributed by atoms with Gasteiger partial charge in [-0.25, -0.2) is 0 Å². The molecule has 2 unspecified atom stereocenters. The minimum atomic E-state index is -0.219. The van der Waals surface area contributed by atoms with Gasteiger partial charge in [-0.3, -0.25) is 0 Å². The van der Waals surface area contributed by atoms with Crippen LogP contribution in [-0.2, 0) is 20.3 Å². The van der Waals surface area contributed by atoms with E-state index in [9.17, 15) is 0 Å². The van der Waals surface area contributed by atoms with Crippen molar-refractivity contribution in [3.8, 4) is 11.5 Å². The van der Waals surface area contributed by atoms with Crippen molar-refractivity contribution >= 4 is 11.4 Å². The Balaban J connectivity index is 1.32. The molecule has 3 aromatic rings. The van der Waals surface area contributed by atoms with Gasteiger partial charge < -0.3 is 30.4 Å². The van der Waals surface area contributed by atoms with Crippen molar-refractivity contribution in [2.75, 3.05) is 37.9 Å². The Labute approximate surface area is 213 Å². The van der Waals surface area contributed by atoms with Crippen LogP contribution in [0.15, 0.2) is 60.7 Å². The van der Waals surface area contributed by atoms with Gasteiger partial charge in [0.25, 0.3) is 0 Å². The molecule has 2 fully saturated rings. The number of benzene rings is 3. The lowest BCUT2D eigenvalue weighted by Crippen LogP contribution is -2.22. The van der Waals surface area contributed by atoms with E-state index < -0.39 is 0 Å². The lowest BCUT2D eigenvalue weighted by atomic mass is 9.74. The van der Waals surface area contributed by atoms with Crippen LogP contribution in [0.5, 0.6) is 11.5 Å². The fourth-order valence-corrected chi connectivity index (χ4v) is 4.47. The van der Waals surface area contributed by atoms with Gasteiger partial charge in [-0.05, 0) is 46.5 Å². The maximum atomic E-state index is 6.32. The number of nitrogen functional groups attached to an aromatic ring is 2. The predicted octanol–water partition coefficient (Wildman–Crippen LogP) is 5.06. The van der Waals surface area contributed by atoms with Crippen molar-refractivity contribution in [2.45, 2.75) is 50.7 Å². The van der Waals surface area contributed by atoms with Gasteiger partial charge >= 0.3 is 0 Å². The van der Waals surface area contributed by atoms with E-state index in [2.05, 4.69) is 64.1 Å². The molecule has 0 aromatic heterocycles. The zero-order valence-corrected chi connectivity index (χ0v) is 21.5. The third kappa shape index (κ3) is 5.15. The van der Waals surface area contributed by atoms with E-state index >= 15 is 0 Å². The first-order valence-corrected chi connectivity index (χ1v) is 12.5. The zero-order chi connectivity index (χ0) is 25.5. The van der Waals surface area contributed by atoms with E-state index in [1.165, 1.54) is 11.1 Å². The molecule has 6 heteroatoms. The van der Waals surface area contributed by atoms with Crippen molar-refractivity contribution in [3.05, 3.63) is 82.9 Å². The molecule has 0 radical (unpaired) electrons. The Morgan fingerprint density at radius 1 is 0.639 bits per heavy atom. The predicted molar refractivity (Wildman–Crippen MR) is 143 cm³/mol. The van der Waals surface area contributed by atoms with E-state index in [1.54, 1.807) is 0 Å². The van der Waals surface area contributed by atoms with Crippen molar-refractivity contribution in [3.63, 3.8) is 0 Å². The summed E-state index contributed by atoms with van der Waals surface area (Å²) in [6, 6.07) is 21.0. The molecule has 2 aliphatic heterocycles. The van der Waals surface area contributed by atoms with Crippen molar-refractivity contribution in [2.24, 2.45) is 0 Å². The van der Waals surface area contributed by atoms with Crippen LogP contribution in [-0.4, -0.2) is 38.6 Å². The quantitative estimate of drug-likeness (QED) is 0.306. The third-order valence-corrected chi connectivity index (χ3v) is 7.45. The number of hydrogen-bond donors (Lipinski definition) is 2. The first-order chi connectivity index (χ1) is 17.1. The fourth-order valence-electron chi connectivity index (χ4n) is 4.47. The Morgan fingerprint density at radius 2 is 0.972 bits per heavy atom. The summed E-state index contributed by atoms with van der Waals surface area (Å²) in [5.41, 5.74) is 18.2. The topological polar surface area (TPSA) is 95.6 Å². The van der Waals surface area contributed by atoms with Gasteiger partial charge in [-0.2, -0.15) is 0 Å². The molecule has 2 saturated heterocycles. The number of epoxide rings is 2. The molecule has 0 bridgehead atoms. The van der Waals surface area contributed by atoms with Gasteiger partial charge in [-0.15, -0.1) is 0 Å². The Hall–Kier alpha value is -3.22. The van der Waals surface area contributed by atoms with E-state index in [1.807, 2.05) is 24.3 Å². The highest BCUT2D eigenvalue weighted by Crippen LogP contribution is 2.39. The minimum absolute atomic E-state index is 0.202. The van der Waals surface area contributed by atoms with Crippen LogP contribution in [0.3, 0.4) is 0 Å². The summed E-state index contributed by atoms with van der Waals surface area (Å²) in [6.45, 7) is 11.5. The molecular formula is C30H36N2O4. The molecule has 0 aliphatic carbocycles. The number of rotatable bonds is 10. The smallest absolute Gasteiger partial charge is 0.142 e. The van der Waals surface area contributed by atoms with Gasteiger partial charge in [0.05, 0.1) is 24.6 Å². The molecule has 0 amide bonds. The molecule has 0 spiro atoms. The SMILES string of the molecule is CC(C)(c1ccc(C(C)(C)c2ccc(OCC3CO3)c(N)c2)cc1)c1ccc(OCC2CO2)c(N)c1. The molecule has 3 aromatic carbocycles. The largest absolute Gasteiger partial charge is 0.489 e. The molecule has 4 N–H and O–H groups in total. The minimum Gasteiger partial charge on any atom is -0.489 e. The van der Waals surface area contributed by atoms with Crippen LogP contribution in [0, 0.1) is 0 Å². The van der Waals surface area contributed by atoms with Crippen LogP contribution in [0.4, 0.5) is 11.4 Å². The molecule has 2 atom stereocenters. The van der Waals surface area contributed by atoms with Crippen molar-refractivity contribution in [1.29, 1.82) is 0 Å². The van der Waals surface area contributed by atoms with Crippen molar-refractivity contribution in [1.82, 2.24) is 0 Å². The zero-order valence-electron chi connectivity index (χ0n) is 21.5. The maximum absolute atomic E-state index is 6.32. The molecule has 2 aliphatic rings. The molecule has 190 valence electrons. The second-order valence-corrected chi connectivity index (χ2v) is 10.9. The highest BCUT2D eigenvalue weighted by atomic mass is 16.6. The molecule has 6 nitrogen and oxygen atoms in total. The summed E-state index contributed by atoms with van der Waals surface area (Å²) >= 11 is 0. The first-order valence-electron chi connectivity index (χ1n) is 12.5. The molecular weight excluding hydrogens is 452 g/mol. The third-order valence-electron chi connectivity index (χ3n) is 7.45. The van der Waals surface area contributed by atoms with E-state index in [4.69, 9.17) is 30.4 Å². The lowest BCUT2D eigenvalue weighted by molar-refractivity contribution is 0.264. The van der Waals surface area contributed by atoms with Crippen LogP contribution in [0.2, 0.25) is 0 Å². The van der Waals surface area contributed by atoms with Crippen LogP contribution >= 0.6 is 0 Å². The Morgan fingerprint density at radius 3 is 1.28 bits per heavy atom. The fraction of sp³-hybridized carbons (Fsp3) is 0.400. The average molecular weight is 489 g/mol. The average Bonchev–Trinajstić information content (AvgIpc) is 3.78. The van der Waals surface area contributed by atoms with Gasteiger partial charge in [-0.1, -0.05) is 64.1 Å². The highest BCUT2D eigenvalue weighted by molar-refractivity contribution is 5.58. The maximum Gasteiger partial charge on any atom is 0.142 e. The lowest BCUT2D eigenvalue weighted by Gasteiger charge is -2.30. The number of nitrogens with two attached hydrogens (primary N) is 2. The molecule has 5 rings (SSSR count). The summed E-state index contributed by atoms with van der Waals surface area (Å²) in [5, 5.41) is 0. The van der Waals surface area contributed by atoms with E-state index in [0.29, 0.717) is 36.1 Å². The monoisotopic (exact) mass is 488 g/mol. The van der Waals surface area contributed by atoms with Gasteiger partial charge in [0.2, 0.25) is 0 Å². The molecule has 0 saturated carbocycles. The summed E-state index contributed by atoms with van der Waals surface area (Å²) < 4.78 is 22.0. The molecule has 2 heterocycles. The normalized spacial score (nSPS) is 19.1. The summed E-state index contributed by atoms with van der Waals surface area (Å²) in [7, 11) is 0. The first kappa shape index (κ1) is 24.5. The second-order valence-electron chi connectivity index (χ2n) is 10.9. The Bertz CT molecular complexity index is 1130. The second kappa shape index (κ2) is 9.34. The summed E-state index contributed by atoms with van der Waals surface area (Å²) in [6.07, 6.45) is 0.404. The standard InChI is InChI=1S/C30H36N2O4/c1-29(2,21-9-11-27(25(31)13-21)35-17-23-15-33-23)19-5-7-20(8-6-19)30(3,4)22-10-12-28(26(32)14-22)36-18-24-16-34-24/h5-14,23-24H,15-18,31-32H2,1-4H3. The number of hydrogen-bond acceptors (Lipinski definition) is 6.